The number of imide groups is 1. The lowest BCUT2D eigenvalue weighted by Crippen LogP contribution is -2.49. The summed E-state index contributed by atoms with van der Waals surface area (Å²) >= 11 is 3.33. The summed E-state index contributed by atoms with van der Waals surface area (Å²) in [7, 11) is 0. The van der Waals surface area contributed by atoms with Crippen LogP contribution in [0.1, 0.15) is 6.92 Å². The van der Waals surface area contributed by atoms with Gasteiger partial charge in [-0.25, -0.2) is 9.69 Å². The van der Waals surface area contributed by atoms with Crippen LogP contribution in [0.3, 0.4) is 0 Å². The highest BCUT2D eigenvalue weighted by Gasteiger charge is 2.49. The predicted molar refractivity (Wildman–Crippen MR) is 90.5 cm³/mol. The number of halogens is 1. The molecule has 1 fully saturated rings. The smallest absolute Gasteiger partial charge is 0.329 e. The molecule has 0 radical (unpaired) electrons. The molecule has 3 rings (SSSR count). The molecule has 6 heteroatoms. The minimum atomic E-state index is -1.10. The second kappa shape index (κ2) is 6.04. The maximum Gasteiger partial charge on any atom is 0.329 e. The molecular formula is C17H15BrN2O3. The molecule has 0 aliphatic carbocycles. The first-order valence-corrected chi connectivity index (χ1v) is 7.89. The molecule has 2 aromatic rings. The SMILES string of the molecule is C[C@]1(COc2ccccc2)NC(=O)N(c2ccc(Br)cc2)C1=O. The Hall–Kier alpha value is -2.34. The Morgan fingerprint density at radius 2 is 1.74 bits per heavy atom. The number of amides is 3. The number of carbonyl (C=O) groups excluding carboxylic acids is 2. The van der Waals surface area contributed by atoms with Crippen molar-refractivity contribution in [1.29, 1.82) is 0 Å². The minimum Gasteiger partial charge on any atom is -0.491 e. The monoisotopic (exact) mass is 374 g/mol. The van der Waals surface area contributed by atoms with Gasteiger partial charge in [-0.3, -0.25) is 4.79 Å². The summed E-state index contributed by atoms with van der Waals surface area (Å²) in [5.74, 6) is 0.318. The third-order valence-electron chi connectivity index (χ3n) is 3.62. The average Bonchev–Trinajstić information content (AvgIpc) is 2.78. The van der Waals surface area contributed by atoms with E-state index in [1.54, 1.807) is 43.3 Å². The Balaban J connectivity index is 1.78. The maximum atomic E-state index is 12.7. The van der Waals surface area contributed by atoms with E-state index in [9.17, 15) is 9.59 Å². The van der Waals surface area contributed by atoms with Gasteiger partial charge in [0.05, 0.1) is 5.69 Å². The number of hydrogen-bond donors (Lipinski definition) is 1. The molecule has 1 aliphatic heterocycles. The minimum absolute atomic E-state index is 0.0641. The second-order valence-corrected chi connectivity index (χ2v) is 6.40. The number of benzene rings is 2. The van der Waals surface area contributed by atoms with Crippen LogP contribution in [0.5, 0.6) is 5.75 Å². The van der Waals surface area contributed by atoms with Gasteiger partial charge in [-0.05, 0) is 43.3 Å². The van der Waals surface area contributed by atoms with Crippen molar-refractivity contribution in [3.8, 4) is 5.75 Å². The zero-order chi connectivity index (χ0) is 16.4. The van der Waals surface area contributed by atoms with Crippen molar-refractivity contribution < 1.29 is 14.3 Å². The van der Waals surface area contributed by atoms with Crippen molar-refractivity contribution in [2.75, 3.05) is 11.5 Å². The topological polar surface area (TPSA) is 58.6 Å². The molecular weight excluding hydrogens is 360 g/mol. The Kier molecular flexibility index (Phi) is 4.09. The molecule has 0 spiro atoms. The molecule has 1 N–H and O–H groups in total. The van der Waals surface area contributed by atoms with Crippen LogP contribution < -0.4 is 15.0 Å². The number of para-hydroxylation sites is 1. The molecule has 0 unspecified atom stereocenters. The van der Waals surface area contributed by atoms with E-state index in [0.717, 1.165) is 9.37 Å². The fourth-order valence-electron chi connectivity index (χ4n) is 2.35. The van der Waals surface area contributed by atoms with Crippen molar-refractivity contribution in [3.05, 3.63) is 59.1 Å². The molecule has 3 amide bonds. The van der Waals surface area contributed by atoms with Gasteiger partial charge in [-0.1, -0.05) is 34.1 Å². The molecule has 0 bridgehead atoms. The van der Waals surface area contributed by atoms with Crippen LogP contribution in [0.25, 0.3) is 0 Å². The van der Waals surface area contributed by atoms with E-state index in [4.69, 9.17) is 4.74 Å². The number of ether oxygens (including phenoxy) is 1. The first kappa shape index (κ1) is 15.6. The Bertz CT molecular complexity index is 733. The van der Waals surface area contributed by atoms with E-state index in [0.29, 0.717) is 11.4 Å². The predicted octanol–water partition coefficient (Wildman–Crippen LogP) is 3.34. The number of nitrogens with zero attached hydrogens (tertiary/aromatic N) is 1. The van der Waals surface area contributed by atoms with Gasteiger partial charge in [0.15, 0.2) is 5.54 Å². The van der Waals surface area contributed by atoms with Crippen LogP contribution in [-0.4, -0.2) is 24.1 Å². The summed E-state index contributed by atoms with van der Waals surface area (Å²) in [4.78, 5) is 26.1. The fourth-order valence-corrected chi connectivity index (χ4v) is 2.62. The molecule has 5 nitrogen and oxygen atoms in total. The van der Waals surface area contributed by atoms with Crippen molar-refractivity contribution >= 4 is 33.6 Å². The summed E-state index contributed by atoms with van der Waals surface area (Å²) in [6.07, 6.45) is 0. The number of urea groups is 1. The average molecular weight is 375 g/mol. The molecule has 118 valence electrons. The van der Waals surface area contributed by atoms with Crippen LogP contribution in [0.2, 0.25) is 0 Å². The molecule has 1 saturated heterocycles. The number of nitrogens with one attached hydrogen (secondary N) is 1. The third-order valence-corrected chi connectivity index (χ3v) is 4.15. The molecule has 2 aromatic carbocycles. The molecule has 1 atom stereocenters. The summed E-state index contributed by atoms with van der Waals surface area (Å²) in [6.45, 7) is 1.73. The van der Waals surface area contributed by atoms with Gasteiger partial charge in [0, 0.05) is 4.47 Å². The highest BCUT2D eigenvalue weighted by atomic mass is 79.9. The summed E-state index contributed by atoms with van der Waals surface area (Å²) < 4.78 is 6.52. The van der Waals surface area contributed by atoms with Gasteiger partial charge in [-0.2, -0.15) is 0 Å². The lowest BCUT2D eigenvalue weighted by atomic mass is 10.0. The number of carbonyl (C=O) groups is 2. The lowest BCUT2D eigenvalue weighted by molar-refractivity contribution is -0.122. The van der Waals surface area contributed by atoms with Crippen LogP contribution in [-0.2, 0) is 4.79 Å². The number of anilines is 1. The molecule has 0 saturated carbocycles. The van der Waals surface area contributed by atoms with Gasteiger partial charge in [-0.15, -0.1) is 0 Å². The highest BCUT2D eigenvalue weighted by Crippen LogP contribution is 2.26. The van der Waals surface area contributed by atoms with Crippen molar-refractivity contribution in [2.45, 2.75) is 12.5 Å². The zero-order valence-electron chi connectivity index (χ0n) is 12.5. The Labute approximate surface area is 142 Å². The molecule has 0 aromatic heterocycles. The van der Waals surface area contributed by atoms with Crippen LogP contribution >= 0.6 is 15.9 Å². The first-order valence-electron chi connectivity index (χ1n) is 7.10. The van der Waals surface area contributed by atoms with Crippen LogP contribution in [0.15, 0.2) is 59.1 Å². The first-order chi connectivity index (χ1) is 11.0. The van der Waals surface area contributed by atoms with E-state index in [1.165, 1.54) is 0 Å². The van der Waals surface area contributed by atoms with E-state index in [-0.39, 0.29) is 12.5 Å². The largest absolute Gasteiger partial charge is 0.491 e. The summed E-state index contributed by atoms with van der Waals surface area (Å²) in [5, 5.41) is 2.71. The van der Waals surface area contributed by atoms with Crippen molar-refractivity contribution in [1.82, 2.24) is 5.32 Å². The van der Waals surface area contributed by atoms with E-state index in [2.05, 4.69) is 21.2 Å². The second-order valence-electron chi connectivity index (χ2n) is 5.48. The van der Waals surface area contributed by atoms with Gasteiger partial charge in [0.2, 0.25) is 0 Å². The van der Waals surface area contributed by atoms with Crippen LogP contribution in [0.4, 0.5) is 10.5 Å². The van der Waals surface area contributed by atoms with Crippen LogP contribution in [0, 0.1) is 0 Å². The van der Waals surface area contributed by atoms with Gasteiger partial charge < -0.3 is 10.1 Å². The summed E-state index contributed by atoms with van der Waals surface area (Å²) in [6, 6.07) is 15.7. The standard InChI is InChI=1S/C17H15BrN2O3/c1-17(11-23-14-5-3-2-4-6-14)15(21)20(16(22)19-17)13-9-7-12(18)8-10-13/h2-10H,11H2,1H3,(H,19,22)/t17-/m1/s1. The van der Waals surface area contributed by atoms with E-state index < -0.39 is 11.6 Å². The van der Waals surface area contributed by atoms with E-state index >= 15 is 0 Å². The van der Waals surface area contributed by atoms with Gasteiger partial charge in [0.25, 0.3) is 5.91 Å². The van der Waals surface area contributed by atoms with Gasteiger partial charge in [0.1, 0.15) is 12.4 Å². The number of rotatable bonds is 4. The quantitative estimate of drug-likeness (QED) is 0.834. The van der Waals surface area contributed by atoms with Crippen molar-refractivity contribution in [3.63, 3.8) is 0 Å². The Morgan fingerprint density at radius 3 is 2.39 bits per heavy atom. The fraction of sp³-hybridized carbons (Fsp3) is 0.176. The molecule has 1 aliphatic rings. The number of hydrogen-bond acceptors (Lipinski definition) is 3. The van der Waals surface area contributed by atoms with Gasteiger partial charge >= 0.3 is 6.03 Å². The van der Waals surface area contributed by atoms with Crippen molar-refractivity contribution in [2.24, 2.45) is 0 Å². The normalized spacial score (nSPS) is 20.5. The maximum absolute atomic E-state index is 12.7. The lowest BCUT2D eigenvalue weighted by Gasteiger charge is -2.22. The molecule has 1 heterocycles. The van der Waals surface area contributed by atoms with E-state index in [1.807, 2.05) is 18.2 Å². The zero-order valence-corrected chi connectivity index (χ0v) is 14.0. The summed E-state index contributed by atoms with van der Waals surface area (Å²) in [5.41, 5.74) is -0.570. The molecule has 23 heavy (non-hydrogen) atoms. The third kappa shape index (κ3) is 3.07. The Morgan fingerprint density at radius 1 is 1.09 bits per heavy atom. The highest BCUT2D eigenvalue weighted by molar-refractivity contribution is 9.10.